The molecule has 0 saturated heterocycles. The van der Waals surface area contributed by atoms with Crippen LogP contribution in [0.5, 0.6) is 5.75 Å². The van der Waals surface area contributed by atoms with E-state index in [9.17, 15) is 13.2 Å². The minimum absolute atomic E-state index is 0.0382. The third-order valence-corrected chi connectivity index (χ3v) is 4.98. The Hall–Kier alpha value is -2.20. The maximum absolute atomic E-state index is 11.3. The second kappa shape index (κ2) is 6.71. The van der Waals surface area contributed by atoms with Gasteiger partial charge in [0.2, 0.25) is 14.2 Å². The molecule has 0 radical (unpaired) electrons. The zero-order valence-corrected chi connectivity index (χ0v) is 13.4. The first-order valence-electron chi connectivity index (χ1n) is 5.99. The number of hydrogen-bond acceptors (Lipinski definition) is 8. The fourth-order valence-corrected chi connectivity index (χ4v) is 2.96. The van der Waals surface area contributed by atoms with Gasteiger partial charge in [-0.2, -0.15) is 0 Å². The number of nitrogens with one attached hydrogen (secondary N) is 1. The summed E-state index contributed by atoms with van der Waals surface area (Å²) in [7, 11) is -2.07. The van der Waals surface area contributed by atoms with Crippen LogP contribution < -0.4 is 10.1 Å². The van der Waals surface area contributed by atoms with E-state index in [1.807, 2.05) is 0 Å². The van der Waals surface area contributed by atoms with Crippen LogP contribution in [0.15, 0.2) is 28.6 Å². The second-order valence-corrected chi connectivity index (χ2v) is 7.42. The molecule has 0 aliphatic rings. The molecule has 0 saturated carbocycles. The molecule has 0 aliphatic carbocycles. The number of aromatic nitrogens is 2. The molecule has 22 heavy (non-hydrogen) atoms. The number of anilines is 1. The third kappa shape index (κ3) is 4.40. The maximum atomic E-state index is 11.3. The average molecular weight is 343 g/mol. The molecule has 0 fully saturated rings. The fraction of sp³-hybridized carbons (Fsp3) is 0.250. The first kappa shape index (κ1) is 16.2. The predicted octanol–water partition coefficient (Wildman–Crippen LogP) is 1.70. The number of rotatable bonds is 5. The van der Waals surface area contributed by atoms with Crippen LogP contribution >= 0.6 is 11.3 Å². The van der Waals surface area contributed by atoms with Gasteiger partial charge >= 0.3 is 6.09 Å². The predicted molar refractivity (Wildman–Crippen MR) is 79.8 cm³/mol. The van der Waals surface area contributed by atoms with Crippen LogP contribution in [0.25, 0.3) is 0 Å². The summed E-state index contributed by atoms with van der Waals surface area (Å²) in [6.07, 6.45) is 0.515. The average Bonchev–Trinajstić information content (AvgIpc) is 2.95. The summed E-state index contributed by atoms with van der Waals surface area (Å²) in [4.78, 5) is 11.0. The molecule has 8 nitrogen and oxygen atoms in total. The van der Waals surface area contributed by atoms with Crippen LogP contribution in [-0.2, 0) is 21.2 Å². The number of sulfone groups is 1. The summed E-state index contributed by atoms with van der Waals surface area (Å²) in [5.74, 6) is 0.548. The van der Waals surface area contributed by atoms with Gasteiger partial charge in [-0.1, -0.05) is 11.3 Å². The minimum Gasteiger partial charge on any atom is -0.486 e. The van der Waals surface area contributed by atoms with Gasteiger partial charge in [-0.05, 0) is 24.3 Å². The van der Waals surface area contributed by atoms with Crippen molar-refractivity contribution in [3.63, 3.8) is 0 Å². The molecule has 1 heterocycles. The van der Waals surface area contributed by atoms with Gasteiger partial charge in [0.25, 0.3) is 0 Å². The molecule has 2 rings (SSSR count). The molecule has 0 aliphatic heterocycles. The SMILES string of the molecule is COC(=O)Nc1ccc(OCc2nnc(S(C)(=O)=O)s2)cc1. The maximum Gasteiger partial charge on any atom is 0.411 e. The van der Waals surface area contributed by atoms with Crippen molar-refractivity contribution in [2.75, 3.05) is 18.7 Å². The van der Waals surface area contributed by atoms with E-state index in [0.717, 1.165) is 17.6 Å². The van der Waals surface area contributed by atoms with Gasteiger partial charge in [-0.25, -0.2) is 13.2 Å². The summed E-state index contributed by atoms with van der Waals surface area (Å²) in [5, 5.41) is 10.3. The summed E-state index contributed by atoms with van der Waals surface area (Å²) in [5.41, 5.74) is 0.564. The van der Waals surface area contributed by atoms with E-state index < -0.39 is 15.9 Å². The molecule has 0 unspecified atom stereocenters. The Kier molecular flexibility index (Phi) is 4.93. The zero-order chi connectivity index (χ0) is 16.2. The molecular formula is C12H13N3O5S2. The Balaban J connectivity index is 1.94. The standard InChI is InChI=1S/C12H13N3O5S2/c1-19-11(16)13-8-3-5-9(6-4-8)20-7-10-14-15-12(21-10)22(2,17)18/h3-6H,7H2,1-2H3,(H,13,16). The molecule has 0 atom stereocenters. The van der Waals surface area contributed by atoms with Gasteiger partial charge in [0, 0.05) is 11.9 Å². The monoisotopic (exact) mass is 343 g/mol. The lowest BCUT2D eigenvalue weighted by Crippen LogP contribution is -2.10. The van der Waals surface area contributed by atoms with E-state index in [1.165, 1.54) is 7.11 Å². The highest BCUT2D eigenvalue weighted by Crippen LogP contribution is 2.20. The second-order valence-electron chi connectivity index (χ2n) is 4.16. The highest BCUT2D eigenvalue weighted by molar-refractivity contribution is 7.92. The van der Waals surface area contributed by atoms with Gasteiger partial charge in [-0.3, -0.25) is 5.32 Å². The molecule has 1 aromatic carbocycles. The highest BCUT2D eigenvalue weighted by Gasteiger charge is 2.14. The number of nitrogens with zero attached hydrogens (tertiary/aromatic N) is 2. The van der Waals surface area contributed by atoms with E-state index in [-0.39, 0.29) is 10.9 Å². The van der Waals surface area contributed by atoms with E-state index >= 15 is 0 Å². The molecule has 0 bridgehead atoms. The number of amides is 1. The van der Waals surface area contributed by atoms with Gasteiger partial charge in [0.1, 0.15) is 12.4 Å². The number of carbonyl (C=O) groups excluding carboxylic acids is 1. The van der Waals surface area contributed by atoms with Crippen molar-refractivity contribution >= 4 is 33.0 Å². The lowest BCUT2D eigenvalue weighted by molar-refractivity contribution is 0.187. The van der Waals surface area contributed by atoms with Crippen LogP contribution in [0, 0.1) is 0 Å². The quantitative estimate of drug-likeness (QED) is 0.880. The van der Waals surface area contributed by atoms with E-state index in [1.54, 1.807) is 24.3 Å². The third-order valence-electron chi connectivity index (χ3n) is 2.41. The van der Waals surface area contributed by atoms with Crippen LogP contribution in [-0.4, -0.2) is 38.1 Å². The lowest BCUT2D eigenvalue weighted by atomic mass is 10.3. The minimum atomic E-state index is -3.35. The van der Waals surface area contributed by atoms with E-state index in [2.05, 4.69) is 20.3 Å². The van der Waals surface area contributed by atoms with Gasteiger partial charge in [0.05, 0.1) is 7.11 Å². The Morgan fingerprint density at radius 2 is 1.95 bits per heavy atom. The molecule has 118 valence electrons. The smallest absolute Gasteiger partial charge is 0.411 e. The zero-order valence-electron chi connectivity index (χ0n) is 11.8. The summed E-state index contributed by atoms with van der Waals surface area (Å²) in [6, 6.07) is 6.61. The summed E-state index contributed by atoms with van der Waals surface area (Å²) >= 11 is 0.965. The van der Waals surface area contributed by atoms with E-state index in [4.69, 9.17) is 4.74 Å². The topological polar surface area (TPSA) is 107 Å². The van der Waals surface area contributed by atoms with Crippen LogP contribution in [0.1, 0.15) is 5.01 Å². The Bertz CT molecular complexity index is 755. The molecule has 1 amide bonds. The van der Waals surface area contributed by atoms with Crippen LogP contribution in [0.2, 0.25) is 0 Å². The van der Waals surface area contributed by atoms with Crippen molar-refractivity contribution in [1.29, 1.82) is 0 Å². The number of carbonyl (C=O) groups is 1. The van der Waals surface area contributed by atoms with Gasteiger partial charge in [0.15, 0.2) is 5.01 Å². The number of benzene rings is 1. The van der Waals surface area contributed by atoms with Crippen molar-refractivity contribution in [3.8, 4) is 5.75 Å². The van der Waals surface area contributed by atoms with Crippen LogP contribution in [0.4, 0.5) is 10.5 Å². The number of ether oxygens (including phenoxy) is 2. The van der Waals surface area contributed by atoms with Gasteiger partial charge < -0.3 is 9.47 Å². The molecule has 2 aromatic rings. The first-order valence-corrected chi connectivity index (χ1v) is 8.69. The summed E-state index contributed by atoms with van der Waals surface area (Å²) in [6.45, 7) is 0.108. The Labute approximate surface area is 131 Å². The first-order chi connectivity index (χ1) is 10.4. The molecule has 10 heteroatoms. The number of methoxy groups -OCH3 is 1. The Morgan fingerprint density at radius 3 is 2.50 bits per heavy atom. The van der Waals surface area contributed by atoms with Crippen molar-refractivity contribution < 1.29 is 22.7 Å². The number of hydrogen-bond donors (Lipinski definition) is 1. The van der Waals surface area contributed by atoms with Crippen LogP contribution in [0.3, 0.4) is 0 Å². The van der Waals surface area contributed by atoms with Gasteiger partial charge in [-0.15, -0.1) is 10.2 Å². The van der Waals surface area contributed by atoms with E-state index in [0.29, 0.717) is 16.4 Å². The molecular weight excluding hydrogens is 330 g/mol. The Morgan fingerprint density at radius 1 is 1.27 bits per heavy atom. The van der Waals surface area contributed by atoms with Crippen molar-refractivity contribution in [3.05, 3.63) is 29.3 Å². The molecule has 1 N–H and O–H groups in total. The molecule has 0 spiro atoms. The fourth-order valence-electron chi connectivity index (χ4n) is 1.39. The lowest BCUT2D eigenvalue weighted by Gasteiger charge is -2.06. The summed E-state index contributed by atoms with van der Waals surface area (Å²) < 4.78 is 32.5. The normalized spacial score (nSPS) is 11.0. The highest BCUT2D eigenvalue weighted by atomic mass is 32.2. The van der Waals surface area contributed by atoms with Crippen molar-refractivity contribution in [2.45, 2.75) is 10.9 Å². The molecule has 1 aromatic heterocycles. The van der Waals surface area contributed by atoms with Crippen molar-refractivity contribution in [1.82, 2.24) is 10.2 Å². The van der Waals surface area contributed by atoms with Crippen molar-refractivity contribution in [2.24, 2.45) is 0 Å². The largest absolute Gasteiger partial charge is 0.486 e.